The quantitative estimate of drug-likeness (QED) is 0.279. The number of anilines is 1. The molecule has 1 aliphatic rings. The van der Waals surface area contributed by atoms with E-state index < -0.39 is 12.7 Å². The summed E-state index contributed by atoms with van der Waals surface area (Å²) in [7, 11) is -1.11. The predicted octanol–water partition coefficient (Wildman–Crippen LogP) is 6.51. The van der Waals surface area contributed by atoms with Crippen LogP contribution in [0.15, 0.2) is 53.7 Å². The molecule has 2 unspecified atom stereocenters. The summed E-state index contributed by atoms with van der Waals surface area (Å²) in [5.41, 5.74) is 2.92. The van der Waals surface area contributed by atoms with E-state index in [-0.39, 0.29) is 23.2 Å². The van der Waals surface area contributed by atoms with Gasteiger partial charge in [-0.2, -0.15) is 5.26 Å². The molecular formula is C30H43BN2O4. The van der Waals surface area contributed by atoms with Crippen LogP contribution < -0.4 is 5.32 Å². The number of ether oxygens (including phenoxy) is 1. The Bertz CT molecular complexity index is 1100. The number of hydrogen-bond acceptors (Lipinski definition) is 5. The van der Waals surface area contributed by atoms with Gasteiger partial charge in [-0.15, -0.1) is 0 Å². The van der Waals surface area contributed by atoms with Gasteiger partial charge in [0, 0.05) is 12.1 Å². The molecule has 6 nitrogen and oxygen atoms in total. The molecule has 0 radical (unpaired) electrons. The second-order valence-electron chi connectivity index (χ2n) is 11.4. The van der Waals surface area contributed by atoms with Crippen molar-refractivity contribution in [1.29, 1.82) is 5.26 Å². The SMILES string of the molecule is C=C/C(=C\C1=C(C)OCCC(C)(C(C)CC(=O)Nc2cc(C#N)ccc2C)C1)B(O)OC(C)(C)C(C)C. The molecule has 1 aromatic rings. The lowest BCUT2D eigenvalue weighted by atomic mass is 9.69. The lowest BCUT2D eigenvalue weighted by Crippen LogP contribution is -2.39. The molecule has 2 rings (SSSR count). The van der Waals surface area contributed by atoms with Gasteiger partial charge in [-0.3, -0.25) is 4.79 Å². The Labute approximate surface area is 223 Å². The minimum Gasteiger partial charge on any atom is -0.498 e. The van der Waals surface area contributed by atoms with Crippen molar-refractivity contribution in [2.24, 2.45) is 17.3 Å². The topological polar surface area (TPSA) is 91.6 Å². The first-order chi connectivity index (χ1) is 17.2. The van der Waals surface area contributed by atoms with Gasteiger partial charge in [0.1, 0.15) is 0 Å². The zero-order chi connectivity index (χ0) is 28.0. The van der Waals surface area contributed by atoms with E-state index >= 15 is 0 Å². The molecule has 0 spiro atoms. The van der Waals surface area contributed by atoms with Crippen molar-refractivity contribution in [2.75, 3.05) is 11.9 Å². The molecular weight excluding hydrogens is 463 g/mol. The number of nitriles is 1. The largest absolute Gasteiger partial charge is 0.498 e. The summed E-state index contributed by atoms with van der Waals surface area (Å²) >= 11 is 0. The Kier molecular flexibility index (Phi) is 10.4. The normalized spacial score (nSPS) is 19.5. The third kappa shape index (κ3) is 8.08. The molecule has 0 aromatic heterocycles. The van der Waals surface area contributed by atoms with Crippen molar-refractivity contribution in [1.82, 2.24) is 0 Å². The van der Waals surface area contributed by atoms with Crippen LogP contribution in [0.5, 0.6) is 0 Å². The van der Waals surface area contributed by atoms with Crippen LogP contribution in [0.1, 0.15) is 78.9 Å². The molecule has 0 aliphatic carbocycles. The Morgan fingerprint density at radius 2 is 2.05 bits per heavy atom. The molecule has 0 saturated carbocycles. The molecule has 1 aliphatic heterocycles. The Balaban J connectivity index is 2.21. The number of hydrogen-bond donors (Lipinski definition) is 2. The van der Waals surface area contributed by atoms with Crippen LogP contribution in [-0.4, -0.2) is 30.3 Å². The lowest BCUT2D eigenvalue weighted by molar-refractivity contribution is -0.118. The second-order valence-corrected chi connectivity index (χ2v) is 11.4. The fourth-order valence-electron chi connectivity index (χ4n) is 4.23. The van der Waals surface area contributed by atoms with Gasteiger partial charge >= 0.3 is 7.12 Å². The average molecular weight is 506 g/mol. The van der Waals surface area contributed by atoms with Crippen LogP contribution in [0.4, 0.5) is 5.69 Å². The highest BCUT2D eigenvalue weighted by atomic mass is 16.5. The molecule has 37 heavy (non-hydrogen) atoms. The Hall–Kier alpha value is -2.82. The summed E-state index contributed by atoms with van der Waals surface area (Å²) in [6, 6.07) is 7.41. The van der Waals surface area contributed by atoms with E-state index in [0.717, 1.165) is 23.3 Å². The number of benzene rings is 1. The smallest absolute Gasteiger partial charge is 0.491 e. The number of allylic oxidation sites excluding steroid dienone is 5. The van der Waals surface area contributed by atoms with E-state index in [1.807, 2.05) is 39.8 Å². The summed E-state index contributed by atoms with van der Waals surface area (Å²) in [6.45, 7) is 20.6. The summed E-state index contributed by atoms with van der Waals surface area (Å²) < 4.78 is 12.0. The Morgan fingerprint density at radius 3 is 2.65 bits per heavy atom. The van der Waals surface area contributed by atoms with Crippen LogP contribution in [0.2, 0.25) is 0 Å². The number of rotatable bonds is 10. The minimum atomic E-state index is -1.11. The van der Waals surface area contributed by atoms with Crippen molar-refractivity contribution >= 4 is 18.7 Å². The molecule has 0 fully saturated rings. The highest BCUT2D eigenvalue weighted by Crippen LogP contribution is 2.43. The van der Waals surface area contributed by atoms with Gasteiger partial charge in [0.05, 0.1) is 29.6 Å². The van der Waals surface area contributed by atoms with Gasteiger partial charge in [-0.05, 0) is 86.5 Å². The van der Waals surface area contributed by atoms with Gasteiger partial charge in [0.25, 0.3) is 0 Å². The van der Waals surface area contributed by atoms with Crippen molar-refractivity contribution < 1.29 is 19.2 Å². The third-order valence-electron chi connectivity index (χ3n) is 8.03. The number of carbonyl (C=O) groups excluding carboxylic acids is 1. The predicted molar refractivity (Wildman–Crippen MR) is 151 cm³/mol. The van der Waals surface area contributed by atoms with Gasteiger partial charge in [0.2, 0.25) is 5.91 Å². The summed E-state index contributed by atoms with van der Waals surface area (Å²) in [5.74, 6) is 0.996. The average Bonchev–Trinajstić information content (AvgIpc) is 2.96. The highest BCUT2D eigenvalue weighted by Gasteiger charge is 2.36. The molecule has 2 N–H and O–H groups in total. The van der Waals surface area contributed by atoms with E-state index in [1.54, 1.807) is 18.2 Å². The van der Waals surface area contributed by atoms with Crippen molar-refractivity contribution in [3.05, 3.63) is 64.9 Å². The fraction of sp³-hybridized carbons (Fsp3) is 0.533. The molecule has 0 bridgehead atoms. The number of aryl methyl sites for hydroxylation is 1. The number of carbonyl (C=O) groups is 1. The highest BCUT2D eigenvalue weighted by molar-refractivity contribution is 6.53. The standard InChI is InChI=1S/C30H43BN2O4/c1-10-26(31(35)37-29(7,8)20(2)3)17-25-18-30(9,13-14-36-23(25)6)22(5)15-28(34)33-27-16-24(19-32)12-11-21(27)4/h10-12,16-17,20,22,35H,1,13-15,18H2,2-9H3,(H,33,34)/b26-17+. The maximum atomic E-state index is 13.0. The maximum Gasteiger partial charge on any atom is 0.491 e. The minimum absolute atomic E-state index is 0.0538. The monoisotopic (exact) mass is 506 g/mol. The van der Waals surface area contributed by atoms with Crippen molar-refractivity contribution in [2.45, 2.75) is 80.3 Å². The lowest BCUT2D eigenvalue weighted by Gasteiger charge is -2.35. The number of nitrogens with zero attached hydrogens (tertiary/aromatic N) is 1. The van der Waals surface area contributed by atoms with E-state index in [9.17, 15) is 15.1 Å². The molecule has 7 heteroatoms. The third-order valence-corrected chi connectivity index (χ3v) is 8.03. The summed E-state index contributed by atoms with van der Waals surface area (Å²) in [6.07, 6.45) is 5.36. The molecule has 1 aromatic carbocycles. The first-order valence-electron chi connectivity index (χ1n) is 13.1. The molecule has 2 atom stereocenters. The van der Waals surface area contributed by atoms with Crippen molar-refractivity contribution in [3.8, 4) is 6.07 Å². The Morgan fingerprint density at radius 1 is 1.38 bits per heavy atom. The molecule has 200 valence electrons. The number of amides is 1. The van der Waals surface area contributed by atoms with Crippen LogP contribution in [0.25, 0.3) is 0 Å². The fourth-order valence-corrected chi connectivity index (χ4v) is 4.23. The summed E-state index contributed by atoms with van der Waals surface area (Å²) in [5, 5.41) is 23.0. The zero-order valence-corrected chi connectivity index (χ0v) is 23.8. The van der Waals surface area contributed by atoms with E-state index in [1.165, 1.54) is 0 Å². The van der Waals surface area contributed by atoms with Gasteiger partial charge in [-0.1, -0.05) is 52.5 Å². The number of nitrogens with one attached hydrogen (secondary N) is 1. The van der Waals surface area contributed by atoms with E-state index in [4.69, 9.17) is 9.39 Å². The van der Waals surface area contributed by atoms with Gasteiger partial charge in [0.15, 0.2) is 0 Å². The van der Waals surface area contributed by atoms with Crippen molar-refractivity contribution in [3.63, 3.8) is 0 Å². The van der Waals surface area contributed by atoms with Crippen LogP contribution in [0, 0.1) is 35.5 Å². The van der Waals surface area contributed by atoms with Gasteiger partial charge in [-0.25, -0.2) is 0 Å². The summed E-state index contributed by atoms with van der Waals surface area (Å²) in [4.78, 5) is 13.0. The molecule has 1 heterocycles. The van der Waals surface area contributed by atoms with Gasteiger partial charge < -0.3 is 19.7 Å². The van der Waals surface area contributed by atoms with Crippen LogP contribution in [0.3, 0.4) is 0 Å². The van der Waals surface area contributed by atoms with Crippen LogP contribution >= 0.6 is 0 Å². The second kappa shape index (κ2) is 12.6. The first-order valence-corrected chi connectivity index (χ1v) is 13.1. The molecule has 0 saturated heterocycles. The zero-order valence-electron chi connectivity index (χ0n) is 23.8. The first kappa shape index (κ1) is 30.4. The maximum absolute atomic E-state index is 13.0. The van der Waals surface area contributed by atoms with E-state index in [2.05, 4.69) is 45.7 Å². The van der Waals surface area contributed by atoms with E-state index in [0.29, 0.717) is 36.2 Å². The van der Waals surface area contributed by atoms with Crippen LogP contribution in [-0.2, 0) is 14.2 Å². The molecule has 1 amide bonds.